The fraction of sp³-hybridized carbons (Fsp3) is 0.100. The molecule has 4 nitrogen and oxygen atoms in total. The van der Waals surface area contributed by atoms with Crippen molar-refractivity contribution in [3.05, 3.63) is 76.7 Å². The summed E-state index contributed by atoms with van der Waals surface area (Å²) in [4.78, 5) is 18.2. The van der Waals surface area contributed by atoms with Gasteiger partial charge in [-0.15, -0.1) is 11.3 Å². The van der Waals surface area contributed by atoms with Crippen LogP contribution in [-0.4, -0.2) is 15.3 Å². The molecule has 0 bridgehead atoms. The van der Waals surface area contributed by atoms with E-state index in [1.165, 1.54) is 0 Å². The van der Waals surface area contributed by atoms with Crippen molar-refractivity contribution in [1.29, 1.82) is 0 Å². The van der Waals surface area contributed by atoms with E-state index < -0.39 is 0 Å². The van der Waals surface area contributed by atoms with Gasteiger partial charge < -0.3 is 9.72 Å². The lowest BCUT2D eigenvalue weighted by molar-refractivity contribution is -0.115. The second-order valence-corrected chi connectivity index (χ2v) is 6.93. The van der Waals surface area contributed by atoms with Gasteiger partial charge in [0.15, 0.2) is 0 Å². The van der Waals surface area contributed by atoms with Crippen molar-refractivity contribution < 1.29 is 4.79 Å². The minimum Gasteiger partial charge on any atom is -0.325 e. The number of aromatic nitrogens is 2. The molecule has 0 aliphatic carbocycles. The summed E-state index contributed by atoms with van der Waals surface area (Å²) in [5.41, 5.74) is 4.60. The highest BCUT2D eigenvalue weighted by Crippen LogP contribution is 2.28. The number of para-hydroxylation sites is 1. The SMILES string of the molecule is Cc1cccn2cc(-c3ccccc3NC(=O)Cc3cccs3)nc12. The summed E-state index contributed by atoms with van der Waals surface area (Å²) in [5, 5.41) is 5.01. The molecule has 4 aromatic rings. The third-order valence-corrected chi connectivity index (χ3v) is 4.95. The number of thiophene rings is 1. The van der Waals surface area contributed by atoms with Crippen LogP contribution in [0.15, 0.2) is 66.3 Å². The molecule has 0 atom stereocenters. The van der Waals surface area contributed by atoms with Gasteiger partial charge in [0.25, 0.3) is 0 Å². The Balaban J connectivity index is 1.66. The number of amides is 1. The minimum atomic E-state index is -0.0187. The van der Waals surface area contributed by atoms with Gasteiger partial charge in [0.05, 0.1) is 17.8 Å². The monoisotopic (exact) mass is 347 g/mol. The van der Waals surface area contributed by atoms with Gasteiger partial charge in [-0.3, -0.25) is 4.79 Å². The second kappa shape index (κ2) is 6.53. The summed E-state index contributed by atoms with van der Waals surface area (Å²) in [5.74, 6) is -0.0187. The van der Waals surface area contributed by atoms with Gasteiger partial charge in [-0.05, 0) is 36.1 Å². The van der Waals surface area contributed by atoms with E-state index in [0.29, 0.717) is 6.42 Å². The zero-order valence-electron chi connectivity index (χ0n) is 13.8. The second-order valence-electron chi connectivity index (χ2n) is 5.90. The lowest BCUT2D eigenvalue weighted by Gasteiger charge is -2.09. The number of aryl methyl sites for hydroxylation is 1. The van der Waals surface area contributed by atoms with Gasteiger partial charge in [0.2, 0.25) is 5.91 Å². The zero-order valence-corrected chi connectivity index (χ0v) is 14.6. The molecule has 3 heterocycles. The number of carbonyl (C=O) groups is 1. The van der Waals surface area contributed by atoms with Crippen LogP contribution >= 0.6 is 11.3 Å². The molecule has 0 radical (unpaired) electrons. The Kier molecular flexibility index (Phi) is 4.07. The standard InChI is InChI=1S/C20H17N3OS/c1-14-6-4-10-23-13-18(22-20(14)23)16-8-2-3-9-17(16)21-19(24)12-15-7-5-11-25-15/h2-11,13H,12H2,1H3,(H,21,24). The molecule has 0 spiro atoms. The van der Waals surface area contributed by atoms with Crippen LogP contribution in [-0.2, 0) is 11.2 Å². The molecule has 0 saturated heterocycles. The van der Waals surface area contributed by atoms with Crippen molar-refractivity contribution in [3.8, 4) is 11.3 Å². The first-order valence-corrected chi connectivity index (χ1v) is 8.94. The molecule has 3 aromatic heterocycles. The summed E-state index contributed by atoms with van der Waals surface area (Å²) in [6.45, 7) is 2.04. The van der Waals surface area contributed by atoms with Crippen LogP contribution in [0.1, 0.15) is 10.4 Å². The van der Waals surface area contributed by atoms with E-state index in [1.54, 1.807) is 11.3 Å². The molecule has 0 saturated carbocycles. The van der Waals surface area contributed by atoms with Crippen molar-refractivity contribution in [2.75, 3.05) is 5.32 Å². The average Bonchev–Trinajstić information content (AvgIpc) is 3.25. The van der Waals surface area contributed by atoms with E-state index in [2.05, 4.69) is 5.32 Å². The Morgan fingerprint density at radius 2 is 2.04 bits per heavy atom. The summed E-state index contributed by atoms with van der Waals surface area (Å²) in [6.07, 6.45) is 4.36. The highest BCUT2D eigenvalue weighted by molar-refractivity contribution is 7.10. The summed E-state index contributed by atoms with van der Waals surface area (Å²) in [7, 11) is 0. The number of rotatable bonds is 4. The average molecular weight is 347 g/mol. The smallest absolute Gasteiger partial charge is 0.229 e. The Bertz CT molecular complexity index is 1030. The van der Waals surface area contributed by atoms with E-state index in [4.69, 9.17) is 4.98 Å². The van der Waals surface area contributed by atoms with Gasteiger partial charge in [-0.2, -0.15) is 0 Å². The Hall–Kier alpha value is -2.92. The highest BCUT2D eigenvalue weighted by atomic mass is 32.1. The van der Waals surface area contributed by atoms with Crippen LogP contribution in [0, 0.1) is 6.92 Å². The molecule has 1 aromatic carbocycles. The van der Waals surface area contributed by atoms with Crippen LogP contribution in [0.25, 0.3) is 16.9 Å². The minimum absolute atomic E-state index is 0.0187. The predicted molar refractivity (Wildman–Crippen MR) is 102 cm³/mol. The highest BCUT2D eigenvalue weighted by Gasteiger charge is 2.12. The maximum atomic E-state index is 12.4. The predicted octanol–water partition coefficient (Wildman–Crippen LogP) is 4.55. The first kappa shape index (κ1) is 15.6. The van der Waals surface area contributed by atoms with Gasteiger partial charge in [-0.1, -0.05) is 30.3 Å². The van der Waals surface area contributed by atoms with Crippen molar-refractivity contribution >= 4 is 28.6 Å². The lowest BCUT2D eigenvalue weighted by atomic mass is 10.1. The molecular formula is C20H17N3OS. The third-order valence-electron chi connectivity index (χ3n) is 4.07. The van der Waals surface area contributed by atoms with Gasteiger partial charge in [-0.25, -0.2) is 4.98 Å². The molecule has 0 fully saturated rings. The molecule has 0 unspecified atom stereocenters. The molecule has 4 rings (SSSR count). The molecule has 0 aliphatic heterocycles. The fourth-order valence-electron chi connectivity index (χ4n) is 2.86. The van der Waals surface area contributed by atoms with E-state index in [9.17, 15) is 4.79 Å². The van der Waals surface area contributed by atoms with E-state index >= 15 is 0 Å². The maximum Gasteiger partial charge on any atom is 0.229 e. The first-order chi connectivity index (χ1) is 12.2. The summed E-state index contributed by atoms with van der Waals surface area (Å²) >= 11 is 1.59. The molecule has 25 heavy (non-hydrogen) atoms. The number of imidazole rings is 1. The maximum absolute atomic E-state index is 12.4. The first-order valence-electron chi connectivity index (χ1n) is 8.06. The zero-order chi connectivity index (χ0) is 17.2. The molecular weight excluding hydrogens is 330 g/mol. The van der Waals surface area contributed by atoms with Crippen LogP contribution in [0.5, 0.6) is 0 Å². The Morgan fingerprint density at radius 1 is 1.16 bits per heavy atom. The van der Waals surface area contributed by atoms with Crippen molar-refractivity contribution in [2.45, 2.75) is 13.3 Å². The van der Waals surface area contributed by atoms with E-state index in [-0.39, 0.29) is 5.91 Å². The van der Waals surface area contributed by atoms with Crippen molar-refractivity contribution in [3.63, 3.8) is 0 Å². The molecule has 1 amide bonds. The quantitative estimate of drug-likeness (QED) is 0.588. The van der Waals surface area contributed by atoms with E-state index in [0.717, 1.165) is 33.0 Å². The summed E-state index contributed by atoms with van der Waals surface area (Å²) in [6, 6.07) is 15.8. The Morgan fingerprint density at radius 3 is 2.84 bits per heavy atom. The number of fused-ring (bicyclic) bond motifs is 1. The molecule has 1 N–H and O–H groups in total. The van der Waals surface area contributed by atoms with Crippen molar-refractivity contribution in [1.82, 2.24) is 9.38 Å². The topological polar surface area (TPSA) is 46.4 Å². The van der Waals surface area contributed by atoms with Crippen LogP contribution in [0.3, 0.4) is 0 Å². The fourth-order valence-corrected chi connectivity index (χ4v) is 3.57. The van der Waals surface area contributed by atoms with Crippen LogP contribution in [0.4, 0.5) is 5.69 Å². The van der Waals surface area contributed by atoms with Crippen LogP contribution < -0.4 is 5.32 Å². The Labute approximate surface area is 149 Å². The number of benzene rings is 1. The van der Waals surface area contributed by atoms with Gasteiger partial charge in [0, 0.05) is 22.8 Å². The van der Waals surface area contributed by atoms with Gasteiger partial charge in [0.1, 0.15) is 5.65 Å². The number of pyridine rings is 1. The lowest BCUT2D eigenvalue weighted by Crippen LogP contribution is -2.14. The van der Waals surface area contributed by atoms with E-state index in [1.807, 2.05) is 77.6 Å². The largest absolute Gasteiger partial charge is 0.325 e. The number of nitrogens with zero attached hydrogens (tertiary/aromatic N) is 2. The number of nitrogens with one attached hydrogen (secondary N) is 1. The number of hydrogen-bond donors (Lipinski definition) is 1. The normalized spacial score (nSPS) is 10.9. The van der Waals surface area contributed by atoms with Crippen molar-refractivity contribution in [2.24, 2.45) is 0 Å². The molecule has 124 valence electrons. The molecule has 5 heteroatoms. The third kappa shape index (κ3) is 3.19. The summed E-state index contributed by atoms with van der Waals surface area (Å²) < 4.78 is 2.01. The van der Waals surface area contributed by atoms with Crippen LogP contribution in [0.2, 0.25) is 0 Å². The number of hydrogen-bond acceptors (Lipinski definition) is 3. The number of carbonyl (C=O) groups excluding carboxylic acids is 1. The molecule has 0 aliphatic rings. The number of anilines is 1. The van der Waals surface area contributed by atoms with Gasteiger partial charge >= 0.3 is 0 Å².